The van der Waals surface area contributed by atoms with Crippen LogP contribution in [-0.4, -0.2) is 37.1 Å². The number of rotatable bonds is 6. The SMILES string of the molecule is COCCNC(=O)c1cccc(C(=O)Nc2ccc(C(C)(C)C)cc2)n1. The van der Waals surface area contributed by atoms with Gasteiger partial charge in [0.15, 0.2) is 0 Å². The number of amides is 2. The standard InChI is InChI=1S/C20H25N3O3/c1-20(2,3)14-8-10-15(11-9-14)22-19(25)17-7-5-6-16(23-17)18(24)21-12-13-26-4/h5-11H,12-13H2,1-4H3,(H,21,24)(H,22,25). The summed E-state index contributed by atoms with van der Waals surface area (Å²) in [6, 6.07) is 12.5. The van der Waals surface area contributed by atoms with Crippen LogP contribution in [0.25, 0.3) is 0 Å². The van der Waals surface area contributed by atoms with Crippen LogP contribution >= 0.6 is 0 Å². The Labute approximate surface area is 154 Å². The Kier molecular flexibility index (Phi) is 6.46. The van der Waals surface area contributed by atoms with Crippen LogP contribution in [0.2, 0.25) is 0 Å². The number of nitrogens with one attached hydrogen (secondary N) is 2. The molecule has 2 N–H and O–H groups in total. The van der Waals surface area contributed by atoms with Crippen molar-refractivity contribution >= 4 is 17.5 Å². The van der Waals surface area contributed by atoms with Crippen LogP contribution in [0.1, 0.15) is 47.3 Å². The van der Waals surface area contributed by atoms with E-state index in [1.165, 1.54) is 5.56 Å². The van der Waals surface area contributed by atoms with Crippen molar-refractivity contribution in [1.82, 2.24) is 10.3 Å². The number of pyridine rings is 1. The fraction of sp³-hybridized carbons (Fsp3) is 0.350. The lowest BCUT2D eigenvalue weighted by molar-refractivity contribution is 0.0932. The second-order valence-electron chi connectivity index (χ2n) is 6.94. The maximum absolute atomic E-state index is 12.4. The summed E-state index contributed by atoms with van der Waals surface area (Å²) in [5.74, 6) is -0.703. The van der Waals surface area contributed by atoms with Gasteiger partial charge in [-0.2, -0.15) is 0 Å². The first-order valence-corrected chi connectivity index (χ1v) is 8.47. The molecule has 1 heterocycles. The van der Waals surface area contributed by atoms with Crippen LogP contribution < -0.4 is 10.6 Å². The van der Waals surface area contributed by atoms with Gasteiger partial charge in [0, 0.05) is 19.3 Å². The Morgan fingerprint density at radius 1 is 1.00 bits per heavy atom. The molecule has 6 heteroatoms. The third-order valence-corrected chi connectivity index (χ3v) is 3.81. The van der Waals surface area contributed by atoms with Crippen molar-refractivity contribution in [1.29, 1.82) is 0 Å². The second-order valence-corrected chi connectivity index (χ2v) is 6.94. The number of nitrogens with zero attached hydrogens (tertiary/aromatic N) is 1. The van der Waals surface area contributed by atoms with E-state index in [0.29, 0.717) is 18.8 Å². The summed E-state index contributed by atoms with van der Waals surface area (Å²) in [5.41, 5.74) is 2.29. The van der Waals surface area contributed by atoms with E-state index >= 15 is 0 Å². The molecule has 138 valence electrons. The highest BCUT2D eigenvalue weighted by Crippen LogP contribution is 2.23. The average molecular weight is 355 g/mol. The zero-order chi connectivity index (χ0) is 19.2. The molecular formula is C20H25N3O3. The molecule has 1 aromatic heterocycles. The fourth-order valence-electron chi connectivity index (χ4n) is 2.29. The van der Waals surface area contributed by atoms with Crippen molar-refractivity contribution in [3.05, 3.63) is 59.4 Å². The van der Waals surface area contributed by atoms with Gasteiger partial charge < -0.3 is 15.4 Å². The number of carbonyl (C=O) groups is 2. The quantitative estimate of drug-likeness (QED) is 0.781. The van der Waals surface area contributed by atoms with Gasteiger partial charge in [0.05, 0.1) is 6.61 Å². The number of benzene rings is 1. The van der Waals surface area contributed by atoms with Gasteiger partial charge in [-0.25, -0.2) is 4.98 Å². The number of aromatic nitrogens is 1. The Hall–Kier alpha value is -2.73. The summed E-state index contributed by atoms with van der Waals surface area (Å²) in [6.07, 6.45) is 0. The van der Waals surface area contributed by atoms with E-state index in [9.17, 15) is 9.59 Å². The van der Waals surface area contributed by atoms with E-state index in [2.05, 4.69) is 36.4 Å². The molecule has 0 atom stereocenters. The Bertz CT molecular complexity index is 765. The lowest BCUT2D eigenvalue weighted by Gasteiger charge is -2.19. The monoisotopic (exact) mass is 355 g/mol. The predicted octanol–water partition coefficient (Wildman–Crippen LogP) is 3.01. The van der Waals surface area contributed by atoms with Gasteiger partial charge in [-0.1, -0.05) is 39.0 Å². The average Bonchev–Trinajstić information content (AvgIpc) is 2.61. The Morgan fingerprint density at radius 3 is 2.19 bits per heavy atom. The lowest BCUT2D eigenvalue weighted by atomic mass is 9.87. The van der Waals surface area contributed by atoms with E-state index < -0.39 is 0 Å². The van der Waals surface area contributed by atoms with Gasteiger partial charge in [0.1, 0.15) is 11.4 Å². The molecule has 0 radical (unpaired) electrons. The van der Waals surface area contributed by atoms with E-state index in [-0.39, 0.29) is 28.6 Å². The van der Waals surface area contributed by atoms with Gasteiger partial charge in [0.25, 0.3) is 11.8 Å². The summed E-state index contributed by atoms with van der Waals surface area (Å²) >= 11 is 0. The van der Waals surface area contributed by atoms with E-state index in [0.717, 1.165) is 0 Å². The van der Waals surface area contributed by atoms with Crippen molar-refractivity contribution in [2.45, 2.75) is 26.2 Å². The van der Waals surface area contributed by atoms with E-state index in [1.54, 1.807) is 25.3 Å². The third-order valence-electron chi connectivity index (χ3n) is 3.81. The third kappa shape index (κ3) is 5.39. The molecule has 1 aromatic carbocycles. The zero-order valence-corrected chi connectivity index (χ0v) is 15.6. The molecule has 0 bridgehead atoms. The van der Waals surface area contributed by atoms with Crippen molar-refractivity contribution < 1.29 is 14.3 Å². The first kappa shape index (κ1) is 19.6. The highest BCUT2D eigenvalue weighted by molar-refractivity contribution is 6.03. The number of carbonyl (C=O) groups excluding carboxylic acids is 2. The zero-order valence-electron chi connectivity index (χ0n) is 15.6. The molecule has 26 heavy (non-hydrogen) atoms. The van der Waals surface area contributed by atoms with Gasteiger partial charge in [-0.3, -0.25) is 9.59 Å². The first-order valence-electron chi connectivity index (χ1n) is 8.47. The fourth-order valence-corrected chi connectivity index (χ4v) is 2.29. The molecule has 6 nitrogen and oxygen atoms in total. The minimum absolute atomic E-state index is 0.0502. The van der Waals surface area contributed by atoms with Gasteiger partial charge in [-0.15, -0.1) is 0 Å². The molecule has 0 aliphatic rings. The van der Waals surface area contributed by atoms with E-state index in [4.69, 9.17) is 4.74 Å². The van der Waals surface area contributed by atoms with Crippen LogP contribution in [0.5, 0.6) is 0 Å². The maximum Gasteiger partial charge on any atom is 0.274 e. The first-order chi connectivity index (χ1) is 12.3. The molecule has 0 aliphatic carbocycles. The smallest absolute Gasteiger partial charge is 0.274 e. The molecule has 0 saturated heterocycles. The molecule has 0 saturated carbocycles. The normalized spacial score (nSPS) is 11.1. The van der Waals surface area contributed by atoms with Gasteiger partial charge >= 0.3 is 0 Å². The number of hydrogen-bond acceptors (Lipinski definition) is 4. The van der Waals surface area contributed by atoms with E-state index in [1.807, 2.05) is 24.3 Å². The van der Waals surface area contributed by atoms with Crippen molar-refractivity contribution in [2.75, 3.05) is 25.6 Å². The summed E-state index contributed by atoms with van der Waals surface area (Å²) in [4.78, 5) is 28.6. The van der Waals surface area contributed by atoms with Crippen LogP contribution in [-0.2, 0) is 10.2 Å². The molecule has 0 spiro atoms. The van der Waals surface area contributed by atoms with Crippen molar-refractivity contribution in [2.24, 2.45) is 0 Å². The van der Waals surface area contributed by atoms with Gasteiger partial charge in [-0.05, 0) is 35.2 Å². The number of methoxy groups -OCH3 is 1. The Morgan fingerprint density at radius 2 is 1.62 bits per heavy atom. The molecule has 0 fully saturated rings. The van der Waals surface area contributed by atoms with Crippen molar-refractivity contribution in [3.8, 4) is 0 Å². The molecule has 2 rings (SSSR count). The molecule has 0 unspecified atom stereocenters. The molecule has 2 aromatic rings. The second kappa shape index (κ2) is 8.58. The predicted molar refractivity (Wildman–Crippen MR) is 102 cm³/mol. The summed E-state index contributed by atoms with van der Waals surface area (Å²) in [6.45, 7) is 7.19. The van der Waals surface area contributed by atoms with Crippen molar-refractivity contribution in [3.63, 3.8) is 0 Å². The van der Waals surface area contributed by atoms with Crippen LogP contribution in [0.4, 0.5) is 5.69 Å². The minimum Gasteiger partial charge on any atom is -0.383 e. The van der Waals surface area contributed by atoms with Crippen LogP contribution in [0.3, 0.4) is 0 Å². The minimum atomic E-state index is -0.361. The van der Waals surface area contributed by atoms with Gasteiger partial charge in [0.2, 0.25) is 0 Å². The van der Waals surface area contributed by atoms with Crippen LogP contribution in [0, 0.1) is 0 Å². The lowest BCUT2D eigenvalue weighted by Crippen LogP contribution is -2.28. The highest BCUT2D eigenvalue weighted by Gasteiger charge is 2.15. The number of ether oxygens (including phenoxy) is 1. The summed E-state index contributed by atoms with van der Waals surface area (Å²) in [5, 5.41) is 5.48. The topological polar surface area (TPSA) is 80.3 Å². The largest absolute Gasteiger partial charge is 0.383 e. The molecule has 2 amide bonds. The Balaban J connectivity index is 2.05. The summed E-state index contributed by atoms with van der Waals surface area (Å²) < 4.78 is 4.89. The number of hydrogen-bond donors (Lipinski definition) is 2. The molecular weight excluding hydrogens is 330 g/mol. The van der Waals surface area contributed by atoms with Crippen LogP contribution in [0.15, 0.2) is 42.5 Å². The molecule has 0 aliphatic heterocycles. The maximum atomic E-state index is 12.4. The summed E-state index contributed by atoms with van der Waals surface area (Å²) in [7, 11) is 1.56. The highest BCUT2D eigenvalue weighted by atomic mass is 16.5. The number of anilines is 1.